The summed E-state index contributed by atoms with van der Waals surface area (Å²) < 4.78 is 55.3. The fourth-order valence-electron chi connectivity index (χ4n) is 5.30. The maximum Gasteiger partial charge on any atom is 0.308 e. The molecular weight excluding hydrogens is 708 g/mol. The maximum absolute atomic E-state index is 14.5. The monoisotopic (exact) mass is 742 g/mol. The van der Waals surface area contributed by atoms with Crippen LogP contribution in [0.4, 0.5) is 0 Å². The normalized spacial score (nSPS) is 19.3. The largest absolute Gasteiger partial charge is 0.456 e. The molecule has 282 valence electrons. The maximum atomic E-state index is 14.5. The van der Waals surface area contributed by atoms with Crippen LogP contribution in [0.15, 0.2) is 39.5 Å². The highest BCUT2D eigenvalue weighted by Crippen LogP contribution is 2.41. The van der Waals surface area contributed by atoms with Crippen molar-refractivity contribution in [3.05, 3.63) is 40.6 Å². The SMILES string of the molecule is CC(=O)Oc1cc(OC(C)=O)c2c(=O)c(O[C@@H]3O[C@@H](C)[C@H](OC(C)=O)[C@@H](OC(C)=O)[C@H]3OC(C)=O)c(-c3ccc(OC(C)=O)c(OC(C)=O)c3)oc2c1. The lowest BCUT2D eigenvalue weighted by molar-refractivity contribution is -0.280. The Labute approximate surface area is 300 Å². The smallest absolute Gasteiger partial charge is 0.308 e. The number of hydrogen-bond acceptors (Lipinski definition) is 18. The van der Waals surface area contributed by atoms with Crippen molar-refractivity contribution < 1.29 is 80.6 Å². The third-order valence-electron chi connectivity index (χ3n) is 6.99. The zero-order chi connectivity index (χ0) is 39.3. The molecule has 5 atom stereocenters. The van der Waals surface area contributed by atoms with Crippen molar-refractivity contribution >= 4 is 52.8 Å². The zero-order valence-corrected chi connectivity index (χ0v) is 29.6. The number of ether oxygens (including phenoxy) is 9. The fraction of sp³-hybridized carbons (Fsp3) is 0.371. The summed E-state index contributed by atoms with van der Waals surface area (Å²) in [6, 6.07) is 5.94. The van der Waals surface area contributed by atoms with Gasteiger partial charge in [-0.2, -0.15) is 0 Å². The molecule has 1 aliphatic heterocycles. The zero-order valence-electron chi connectivity index (χ0n) is 29.6. The highest BCUT2D eigenvalue weighted by Gasteiger charge is 2.52. The van der Waals surface area contributed by atoms with E-state index >= 15 is 0 Å². The van der Waals surface area contributed by atoms with Gasteiger partial charge in [-0.15, -0.1) is 0 Å². The van der Waals surface area contributed by atoms with E-state index in [-0.39, 0.29) is 28.4 Å². The van der Waals surface area contributed by atoms with Crippen LogP contribution < -0.4 is 29.1 Å². The molecule has 1 aliphatic rings. The molecule has 2 aromatic carbocycles. The van der Waals surface area contributed by atoms with Crippen LogP contribution in [0.3, 0.4) is 0 Å². The Hall–Kier alpha value is -6.30. The van der Waals surface area contributed by atoms with E-state index in [0.717, 1.165) is 60.6 Å². The van der Waals surface area contributed by atoms with Gasteiger partial charge in [0, 0.05) is 66.2 Å². The number of carbonyl (C=O) groups is 7. The van der Waals surface area contributed by atoms with E-state index in [2.05, 4.69) is 0 Å². The van der Waals surface area contributed by atoms with Gasteiger partial charge in [-0.1, -0.05) is 0 Å². The molecule has 3 aromatic rings. The molecule has 0 saturated carbocycles. The minimum absolute atomic E-state index is 0.0414. The van der Waals surface area contributed by atoms with Crippen LogP contribution in [-0.4, -0.2) is 72.5 Å². The van der Waals surface area contributed by atoms with E-state index in [9.17, 15) is 38.4 Å². The lowest BCUT2D eigenvalue weighted by Gasteiger charge is -2.43. The summed E-state index contributed by atoms with van der Waals surface area (Å²) in [5.41, 5.74) is -1.36. The van der Waals surface area contributed by atoms with Gasteiger partial charge in [-0.3, -0.25) is 38.4 Å². The highest BCUT2D eigenvalue weighted by molar-refractivity contribution is 5.91. The molecule has 18 heteroatoms. The summed E-state index contributed by atoms with van der Waals surface area (Å²) >= 11 is 0. The van der Waals surface area contributed by atoms with Crippen molar-refractivity contribution in [1.29, 1.82) is 0 Å². The van der Waals surface area contributed by atoms with Gasteiger partial charge < -0.3 is 47.0 Å². The van der Waals surface area contributed by atoms with E-state index in [4.69, 9.17) is 47.0 Å². The molecule has 0 amide bonds. The Bertz CT molecular complexity index is 2040. The number of carbonyl (C=O) groups excluding carboxylic acids is 7. The predicted molar refractivity (Wildman–Crippen MR) is 175 cm³/mol. The molecule has 0 radical (unpaired) electrons. The van der Waals surface area contributed by atoms with Gasteiger partial charge in [0.2, 0.25) is 23.6 Å². The summed E-state index contributed by atoms with van der Waals surface area (Å²) in [4.78, 5) is 98.8. The van der Waals surface area contributed by atoms with E-state index < -0.39 is 101 Å². The molecular formula is C35H34O18. The van der Waals surface area contributed by atoms with Gasteiger partial charge in [0.1, 0.15) is 22.5 Å². The average molecular weight is 743 g/mol. The van der Waals surface area contributed by atoms with Crippen LogP contribution >= 0.6 is 0 Å². The second-order valence-electron chi connectivity index (χ2n) is 11.5. The number of fused-ring (bicyclic) bond motifs is 1. The van der Waals surface area contributed by atoms with Crippen molar-refractivity contribution in [2.75, 3.05) is 0 Å². The topological polar surface area (TPSA) is 233 Å². The van der Waals surface area contributed by atoms with E-state index in [1.54, 1.807) is 0 Å². The summed E-state index contributed by atoms with van der Waals surface area (Å²) in [7, 11) is 0. The standard InChI is InChI=1S/C35H34O18/c1-14-30(49-19(6)40)33(50-20(7)41)34(51-21(8)42)35(44-14)53-32-29(43)28-26(48-18(5)39)12-23(45-15(2)36)13-27(28)52-31(32)22-9-10-24(46-16(3)37)25(11-22)47-17(4)38/h9-14,30,33-35H,1-8H3/t14-,30-,33+,34+,35-/m0/s1. The quantitative estimate of drug-likeness (QED) is 0.165. The first-order valence-electron chi connectivity index (χ1n) is 15.7. The van der Waals surface area contributed by atoms with Gasteiger partial charge >= 0.3 is 41.8 Å². The minimum Gasteiger partial charge on any atom is -0.456 e. The molecule has 1 aromatic heterocycles. The Morgan fingerprint density at radius 3 is 1.68 bits per heavy atom. The number of benzene rings is 2. The van der Waals surface area contributed by atoms with Crippen LogP contribution in [0, 0.1) is 0 Å². The van der Waals surface area contributed by atoms with Crippen LogP contribution in [0.2, 0.25) is 0 Å². The minimum atomic E-state index is -1.78. The Morgan fingerprint density at radius 2 is 1.11 bits per heavy atom. The predicted octanol–water partition coefficient (Wildman–Crippen LogP) is 3.08. The van der Waals surface area contributed by atoms with Crippen molar-refractivity contribution in [2.24, 2.45) is 0 Å². The number of rotatable bonds is 10. The lowest BCUT2D eigenvalue weighted by atomic mass is 9.98. The van der Waals surface area contributed by atoms with Crippen LogP contribution in [0.5, 0.6) is 28.7 Å². The summed E-state index contributed by atoms with van der Waals surface area (Å²) in [5, 5.41) is -0.395. The fourth-order valence-corrected chi connectivity index (χ4v) is 5.30. The van der Waals surface area contributed by atoms with Crippen molar-refractivity contribution in [3.63, 3.8) is 0 Å². The number of esters is 7. The molecule has 0 bridgehead atoms. The molecule has 2 heterocycles. The first-order valence-corrected chi connectivity index (χ1v) is 15.7. The average Bonchev–Trinajstić information content (AvgIpc) is 3.01. The van der Waals surface area contributed by atoms with Crippen LogP contribution in [-0.2, 0) is 52.5 Å². The molecule has 0 spiro atoms. The van der Waals surface area contributed by atoms with Gasteiger partial charge in [0.05, 0.1) is 6.10 Å². The molecule has 0 aliphatic carbocycles. The van der Waals surface area contributed by atoms with Crippen molar-refractivity contribution in [2.45, 2.75) is 86.1 Å². The summed E-state index contributed by atoms with van der Waals surface area (Å²) in [6.07, 6.45) is -7.41. The van der Waals surface area contributed by atoms with E-state index in [1.165, 1.54) is 25.1 Å². The molecule has 0 unspecified atom stereocenters. The van der Waals surface area contributed by atoms with Gasteiger partial charge in [-0.25, -0.2) is 0 Å². The van der Waals surface area contributed by atoms with Crippen molar-refractivity contribution in [3.8, 4) is 40.1 Å². The van der Waals surface area contributed by atoms with Crippen LogP contribution in [0.1, 0.15) is 55.4 Å². The van der Waals surface area contributed by atoms with Gasteiger partial charge in [0.25, 0.3) is 0 Å². The molecule has 53 heavy (non-hydrogen) atoms. The Kier molecular flexibility index (Phi) is 12.2. The molecule has 0 N–H and O–H groups in total. The Balaban J connectivity index is 2.05. The molecule has 4 rings (SSSR count). The van der Waals surface area contributed by atoms with E-state index in [1.807, 2.05) is 0 Å². The summed E-state index contributed by atoms with van der Waals surface area (Å²) in [5.74, 6) is -7.90. The van der Waals surface area contributed by atoms with E-state index in [0.29, 0.717) is 0 Å². The second-order valence-corrected chi connectivity index (χ2v) is 11.5. The first kappa shape index (κ1) is 39.5. The second kappa shape index (κ2) is 16.4. The first-order chi connectivity index (χ1) is 24.8. The highest BCUT2D eigenvalue weighted by atomic mass is 16.7. The molecule has 1 fully saturated rings. The van der Waals surface area contributed by atoms with Gasteiger partial charge in [-0.05, 0) is 25.1 Å². The Morgan fingerprint density at radius 1 is 0.585 bits per heavy atom. The van der Waals surface area contributed by atoms with Gasteiger partial charge in [0.15, 0.2) is 29.5 Å². The number of hydrogen-bond donors (Lipinski definition) is 0. The van der Waals surface area contributed by atoms with Crippen LogP contribution in [0.25, 0.3) is 22.3 Å². The third-order valence-corrected chi connectivity index (χ3v) is 6.99. The third kappa shape index (κ3) is 9.73. The summed E-state index contributed by atoms with van der Waals surface area (Å²) in [6.45, 7) is 8.97. The molecule has 18 nitrogen and oxygen atoms in total. The molecule has 1 saturated heterocycles. The lowest BCUT2D eigenvalue weighted by Crippen LogP contribution is -2.62. The van der Waals surface area contributed by atoms with Crippen molar-refractivity contribution in [1.82, 2.24) is 0 Å².